The summed E-state index contributed by atoms with van der Waals surface area (Å²) in [7, 11) is 3.36. The van der Waals surface area contributed by atoms with Crippen molar-refractivity contribution in [3.63, 3.8) is 0 Å². The molecule has 0 fully saturated rings. The lowest BCUT2D eigenvalue weighted by Crippen LogP contribution is -2.48. The molecule has 0 aromatic rings. The van der Waals surface area contributed by atoms with Gasteiger partial charge in [0.25, 0.3) is 5.91 Å². The maximum atomic E-state index is 12.0. The summed E-state index contributed by atoms with van der Waals surface area (Å²) < 4.78 is 5.26. The quantitative estimate of drug-likeness (QED) is 0.716. The second-order valence-electron chi connectivity index (χ2n) is 4.32. The van der Waals surface area contributed by atoms with Gasteiger partial charge in [0.05, 0.1) is 0 Å². The highest BCUT2D eigenvalue weighted by molar-refractivity contribution is 5.84. The van der Waals surface area contributed by atoms with E-state index in [0.29, 0.717) is 25.4 Å². The van der Waals surface area contributed by atoms with E-state index in [9.17, 15) is 4.79 Å². The number of nitrogens with zero attached hydrogens (tertiary/aromatic N) is 1. The molecule has 15 heavy (non-hydrogen) atoms. The Morgan fingerprint density at radius 3 is 2.47 bits per heavy atom. The SMILES string of the molecule is CCC(C)(OC)C(=O)N(C)CC(C)CN. The Morgan fingerprint density at radius 2 is 2.13 bits per heavy atom. The first-order valence-electron chi connectivity index (χ1n) is 5.42. The van der Waals surface area contributed by atoms with Gasteiger partial charge in [0, 0.05) is 20.7 Å². The largest absolute Gasteiger partial charge is 0.369 e. The predicted octanol–water partition coefficient (Wildman–Crippen LogP) is 0.855. The number of carbonyl (C=O) groups excluding carboxylic acids is 1. The molecule has 4 nitrogen and oxygen atoms in total. The molecular weight excluding hydrogens is 192 g/mol. The van der Waals surface area contributed by atoms with Crippen LogP contribution < -0.4 is 5.73 Å². The topological polar surface area (TPSA) is 55.6 Å². The van der Waals surface area contributed by atoms with E-state index in [0.717, 1.165) is 0 Å². The zero-order chi connectivity index (χ0) is 12.1. The summed E-state index contributed by atoms with van der Waals surface area (Å²) in [6.07, 6.45) is 0.670. The lowest BCUT2D eigenvalue weighted by molar-refractivity contribution is -0.152. The monoisotopic (exact) mass is 216 g/mol. The molecule has 0 saturated carbocycles. The van der Waals surface area contributed by atoms with Crippen LogP contribution in [0.2, 0.25) is 0 Å². The Labute approximate surface area is 92.8 Å². The first-order chi connectivity index (χ1) is 6.91. The maximum absolute atomic E-state index is 12.0. The number of nitrogens with two attached hydrogens (primary N) is 1. The van der Waals surface area contributed by atoms with E-state index >= 15 is 0 Å². The Bertz CT molecular complexity index is 203. The van der Waals surface area contributed by atoms with E-state index in [-0.39, 0.29) is 5.91 Å². The first-order valence-corrected chi connectivity index (χ1v) is 5.42. The number of ether oxygens (including phenoxy) is 1. The number of likely N-dealkylation sites (N-methyl/N-ethyl adjacent to an activating group) is 1. The van der Waals surface area contributed by atoms with Gasteiger partial charge in [-0.05, 0) is 25.8 Å². The van der Waals surface area contributed by atoms with Gasteiger partial charge in [0.1, 0.15) is 5.60 Å². The minimum atomic E-state index is -0.705. The number of hydrogen-bond donors (Lipinski definition) is 1. The van der Waals surface area contributed by atoms with Crippen LogP contribution >= 0.6 is 0 Å². The van der Waals surface area contributed by atoms with Crippen LogP contribution in [0.15, 0.2) is 0 Å². The third-order valence-corrected chi connectivity index (χ3v) is 2.91. The molecule has 0 rings (SSSR count). The van der Waals surface area contributed by atoms with Crippen molar-refractivity contribution >= 4 is 5.91 Å². The fourth-order valence-electron chi connectivity index (χ4n) is 1.41. The van der Waals surface area contributed by atoms with Gasteiger partial charge in [-0.1, -0.05) is 13.8 Å². The van der Waals surface area contributed by atoms with Crippen LogP contribution in [-0.2, 0) is 9.53 Å². The number of methoxy groups -OCH3 is 1. The van der Waals surface area contributed by atoms with E-state index in [1.54, 1.807) is 19.1 Å². The second-order valence-corrected chi connectivity index (χ2v) is 4.32. The van der Waals surface area contributed by atoms with Crippen molar-refractivity contribution < 1.29 is 9.53 Å². The van der Waals surface area contributed by atoms with E-state index in [1.807, 2.05) is 20.8 Å². The highest BCUT2D eigenvalue weighted by atomic mass is 16.5. The summed E-state index contributed by atoms with van der Waals surface area (Å²) in [6, 6.07) is 0. The third-order valence-electron chi connectivity index (χ3n) is 2.91. The molecule has 2 unspecified atom stereocenters. The lowest BCUT2D eigenvalue weighted by Gasteiger charge is -2.31. The summed E-state index contributed by atoms with van der Waals surface area (Å²) in [5, 5.41) is 0. The smallest absolute Gasteiger partial charge is 0.254 e. The van der Waals surface area contributed by atoms with Gasteiger partial charge >= 0.3 is 0 Å². The minimum Gasteiger partial charge on any atom is -0.369 e. The molecular formula is C11H24N2O2. The third kappa shape index (κ3) is 3.80. The summed E-state index contributed by atoms with van der Waals surface area (Å²) in [5.41, 5.74) is 4.82. The minimum absolute atomic E-state index is 0.0211. The van der Waals surface area contributed by atoms with Crippen LogP contribution in [0.3, 0.4) is 0 Å². The van der Waals surface area contributed by atoms with Crippen molar-refractivity contribution in [2.75, 3.05) is 27.2 Å². The van der Waals surface area contributed by atoms with Gasteiger partial charge < -0.3 is 15.4 Å². The molecule has 0 aromatic heterocycles. The fourth-order valence-corrected chi connectivity index (χ4v) is 1.41. The zero-order valence-electron chi connectivity index (χ0n) is 10.5. The number of hydrogen-bond acceptors (Lipinski definition) is 3. The molecule has 0 aromatic carbocycles. The number of carbonyl (C=O) groups is 1. The number of rotatable bonds is 6. The highest BCUT2D eigenvalue weighted by Crippen LogP contribution is 2.17. The van der Waals surface area contributed by atoms with Crippen LogP contribution in [0.4, 0.5) is 0 Å². The number of amides is 1. The Hall–Kier alpha value is -0.610. The molecule has 0 heterocycles. The normalized spacial score (nSPS) is 16.9. The van der Waals surface area contributed by atoms with Gasteiger partial charge in [0.15, 0.2) is 0 Å². The predicted molar refractivity (Wildman–Crippen MR) is 61.6 cm³/mol. The van der Waals surface area contributed by atoms with Crippen LogP contribution in [-0.4, -0.2) is 43.7 Å². The van der Waals surface area contributed by atoms with Crippen LogP contribution in [0.25, 0.3) is 0 Å². The Kier molecular flexibility index (Phi) is 5.83. The van der Waals surface area contributed by atoms with E-state index in [2.05, 4.69) is 0 Å². The molecule has 0 radical (unpaired) electrons. The summed E-state index contributed by atoms with van der Waals surface area (Å²) in [6.45, 7) is 7.06. The standard InChI is InChI=1S/C11H24N2O2/c1-6-11(3,15-5)10(14)13(4)8-9(2)7-12/h9H,6-8,12H2,1-5H3. The van der Waals surface area contributed by atoms with Crippen molar-refractivity contribution in [3.8, 4) is 0 Å². The van der Waals surface area contributed by atoms with E-state index in [1.165, 1.54) is 0 Å². The molecule has 1 amide bonds. The van der Waals surface area contributed by atoms with Crippen molar-refractivity contribution in [3.05, 3.63) is 0 Å². The van der Waals surface area contributed by atoms with Gasteiger partial charge in [-0.3, -0.25) is 4.79 Å². The second kappa shape index (κ2) is 6.08. The summed E-state index contributed by atoms with van der Waals surface area (Å²) in [5.74, 6) is 0.338. The average Bonchev–Trinajstić information content (AvgIpc) is 2.26. The molecule has 0 aliphatic rings. The van der Waals surface area contributed by atoms with E-state index in [4.69, 9.17) is 10.5 Å². The summed E-state index contributed by atoms with van der Waals surface area (Å²) in [4.78, 5) is 13.7. The van der Waals surface area contributed by atoms with E-state index < -0.39 is 5.60 Å². The molecule has 0 saturated heterocycles. The summed E-state index contributed by atoms with van der Waals surface area (Å²) >= 11 is 0. The fraction of sp³-hybridized carbons (Fsp3) is 0.909. The molecule has 2 N–H and O–H groups in total. The molecule has 0 aliphatic carbocycles. The van der Waals surface area contributed by atoms with Crippen molar-refractivity contribution in [2.45, 2.75) is 32.8 Å². The maximum Gasteiger partial charge on any atom is 0.254 e. The van der Waals surface area contributed by atoms with Gasteiger partial charge in [-0.2, -0.15) is 0 Å². The molecule has 4 heteroatoms. The van der Waals surface area contributed by atoms with Crippen LogP contribution in [0.5, 0.6) is 0 Å². The molecule has 0 aliphatic heterocycles. The van der Waals surface area contributed by atoms with Crippen molar-refractivity contribution in [1.82, 2.24) is 4.90 Å². The molecule has 0 spiro atoms. The van der Waals surface area contributed by atoms with Gasteiger partial charge in [0.2, 0.25) is 0 Å². The zero-order valence-corrected chi connectivity index (χ0v) is 10.5. The molecule has 90 valence electrons. The first kappa shape index (κ1) is 14.4. The highest BCUT2D eigenvalue weighted by Gasteiger charge is 2.33. The van der Waals surface area contributed by atoms with Crippen LogP contribution in [0, 0.1) is 5.92 Å². The van der Waals surface area contributed by atoms with Crippen LogP contribution in [0.1, 0.15) is 27.2 Å². The Balaban J connectivity index is 4.42. The molecule has 0 bridgehead atoms. The molecule has 2 atom stereocenters. The lowest BCUT2D eigenvalue weighted by atomic mass is 10.0. The van der Waals surface area contributed by atoms with Gasteiger partial charge in [-0.25, -0.2) is 0 Å². The Morgan fingerprint density at radius 1 is 1.60 bits per heavy atom. The van der Waals surface area contributed by atoms with Gasteiger partial charge in [-0.15, -0.1) is 0 Å². The van der Waals surface area contributed by atoms with Crippen molar-refractivity contribution in [1.29, 1.82) is 0 Å². The van der Waals surface area contributed by atoms with Crippen molar-refractivity contribution in [2.24, 2.45) is 11.7 Å². The average molecular weight is 216 g/mol.